The molecule has 3 N–H and O–H groups in total. The van der Waals surface area contributed by atoms with Gasteiger partial charge in [-0.2, -0.15) is 0 Å². The molecule has 3 rings (SSSR count). The van der Waals surface area contributed by atoms with Gasteiger partial charge in [-0.05, 0) is 43.3 Å². The third-order valence-corrected chi connectivity index (χ3v) is 4.75. The van der Waals surface area contributed by atoms with E-state index in [1.807, 2.05) is 0 Å². The summed E-state index contributed by atoms with van der Waals surface area (Å²) in [5, 5.41) is 8.17. The summed E-state index contributed by atoms with van der Waals surface area (Å²) in [5.74, 6) is -0.214. The number of halogens is 1. The monoisotopic (exact) mass is 400 g/mol. The predicted molar refractivity (Wildman–Crippen MR) is 107 cm³/mol. The molecule has 2 aromatic carbocycles. The zero-order valence-corrected chi connectivity index (χ0v) is 15.9. The second kappa shape index (κ2) is 8.49. The van der Waals surface area contributed by atoms with Gasteiger partial charge in [-0.3, -0.25) is 10.1 Å². The normalized spacial score (nSPS) is 10.2. The van der Waals surface area contributed by atoms with E-state index in [4.69, 9.17) is 4.74 Å². The van der Waals surface area contributed by atoms with E-state index in [9.17, 15) is 14.0 Å². The number of anilines is 3. The largest absolute Gasteiger partial charge is 0.495 e. The van der Waals surface area contributed by atoms with Crippen molar-refractivity contribution in [2.75, 3.05) is 23.1 Å². The number of thiazole rings is 1. The molecular weight excluding hydrogens is 383 g/mol. The van der Waals surface area contributed by atoms with Crippen molar-refractivity contribution in [1.82, 2.24) is 4.98 Å². The van der Waals surface area contributed by atoms with Crippen molar-refractivity contribution in [2.45, 2.75) is 6.92 Å². The first-order chi connectivity index (χ1) is 13.5. The summed E-state index contributed by atoms with van der Waals surface area (Å²) >= 11 is 1.05. The van der Waals surface area contributed by atoms with E-state index in [2.05, 4.69) is 20.9 Å². The Morgan fingerprint density at radius 3 is 2.46 bits per heavy atom. The first kappa shape index (κ1) is 19.3. The SMILES string of the molecule is COc1ccccc1NC(=O)c1sc(NC(=O)Nc2ccc(F)cc2)nc1C. The van der Waals surface area contributed by atoms with Crippen molar-refractivity contribution in [3.63, 3.8) is 0 Å². The second-order valence-electron chi connectivity index (χ2n) is 5.67. The predicted octanol–water partition coefficient (Wildman–Crippen LogP) is 4.50. The number of benzene rings is 2. The van der Waals surface area contributed by atoms with E-state index >= 15 is 0 Å². The minimum absolute atomic E-state index is 0.266. The standard InChI is InChI=1S/C19H17FN4O3S/c1-11-16(17(25)23-14-5-3-4-6-15(14)27-2)28-19(21-11)24-18(26)22-13-9-7-12(20)8-10-13/h3-10H,1-2H3,(H,23,25)(H2,21,22,24,26). The third-order valence-electron chi connectivity index (χ3n) is 3.68. The van der Waals surface area contributed by atoms with E-state index in [0.29, 0.717) is 27.7 Å². The van der Waals surface area contributed by atoms with Crippen LogP contribution >= 0.6 is 11.3 Å². The Balaban J connectivity index is 1.67. The Bertz CT molecular complexity index is 1000. The van der Waals surface area contributed by atoms with Gasteiger partial charge < -0.3 is 15.4 Å². The van der Waals surface area contributed by atoms with Crippen LogP contribution in [0.25, 0.3) is 0 Å². The molecule has 1 aromatic heterocycles. The molecule has 0 atom stereocenters. The van der Waals surface area contributed by atoms with E-state index < -0.39 is 11.8 Å². The van der Waals surface area contributed by atoms with Gasteiger partial charge in [0.15, 0.2) is 5.13 Å². The van der Waals surface area contributed by atoms with E-state index in [1.165, 1.54) is 31.4 Å². The zero-order valence-electron chi connectivity index (χ0n) is 15.1. The van der Waals surface area contributed by atoms with Gasteiger partial charge in [0.05, 0.1) is 18.5 Å². The highest BCUT2D eigenvalue weighted by Crippen LogP contribution is 2.27. The Kier molecular flexibility index (Phi) is 5.85. The molecule has 9 heteroatoms. The lowest BCUT2D eigenvalue weighted by Gasteiger charge is -2.08. The molecule has 0 fully saturated rings. The molecule has 7 nitrogen and oxygen atoms in total. The fraction of sp³-hybridized carbons (Fsp3) is 0.105. The number of carbonyl (C=O) groups excluding carboxylic acids is 2. The van der Waals surface area contributed by atoms with Gasteiger partial charge in [-0.15, -0.1) is 0 Å². The van der Waals surface area contributed by atoms with E-state index in [-0.39, 0.29) is 11.0 Å². The first-order valence-corrected chi connectivity index (χ1v) is 9.03. The number of urea groups is 1. The molecule has 3 amide bonds. The molecule has 0 aliphatic carbocycles. The number of nitrogens with zero attached hydrogens (tertiary/aromatic N) is 1. The number of hydrogen-bond donors (Lipinski definition) is 3. The molecule has 3 aromatic rings. The quantitative estimate of drug-likeness (QED) is 0.588. The van der Waals surface area contributed by atoms with Gasteiger partial charge in [0.1, 0.15) is 16.4 Å². The van der Waals surface area contributed by atoms with Crippen LogP contribution in [0.4, 0.5) is 25.7 Å². The van der Waals surface area contributed by atoms with Gasteiger partial charge >= 0.3 is 6.03 Å². The van der Waals surface area contributed by atoms with Crippen LogP contribution in [0, 0.1) is 12.7 Å². The summed E-state index contributed by atoms with van der Waals surface area (Å²) < 4.78 is 18.1. The number of para-hydroxylation sites is 2. The summed E-state index contributed by atoms with van der Waals surface area (Å²) in [7, 11) is 1.52. The maximum Gasteiger partial charge on any atom is 0.325 e. The Morgan fingerprint density at radius 2 is 1.75 bits per heavy atom. The third kappa shape index (κ3) is 4.63. The number of ether oxygens (including phenoxy) is 1. The number of hydrogen-bond acceptors (Lipinski definition) is 5. The lowest BCUT2D eigenvalue weighted by molar-refractivity contribution is 0.102. The maximum atomic E-state index is 12.9. The molecule has 28 heavy (non-hydrogen) atoms. The molecule has 0 aliphatic rings. The van der Waals surface area contributed by atoms with Crippen molar-refractivity contribution in [2.24, 2.45) is 0 Å². The van der Waals surface area contributed by atoms with Crippen molar-refractivity contribution in [1.29, 1.82) is 0 Å². The summed E-state index contributed by atoms with van der Waals surface area (Å²) in [6.07, 6.45) is 0. The Labute approximate surface area is 164 Å². The number of nitrogens with one attached hydrogen (secondary N) is 3. The average molecular weight is 400 g/mol. The van der Waals surface area contributed by atoms with Crippen LogP contribution in [-0.4, -0.2) is 24.0 Å². The van der Waals surface area contributed by atoms with Gasteiger partial charge in [-0.25, -0.2) is 14.2 Å². The fourth-order valence-corrected chi connectivity index (χ4v) is 3.24. The van der Waals surface area contributed by atoms with Crippen molar-refractivity contribution >= 4 is 39.8 Å². The minimum Gasteiger partial charge on any atom is -0.495 e. The zero-order chi connectivity index (χ0) is 20.1. The van der Waals surface area contributed by atoms with Crippen molar-refractivity contribution < 1.29 is 18.7 Å². The van der Waals surface area contributed by atoms with E-state index in [1.54, 1.807) is 31.2 Å². The Hall–Kier alpha value is -3.46. The van der Waals surface area contributed by atoms with Gasteiger partial charge in [0.2, 0.25) is 0 Å². The number of aromatic nitrogens is 1. The van der Waals surface area contributed by atoms with Gasteiger partial charge in [0.25, 0.3) is 5.91 Å². The van der Waals surface area contributed by atoms with Crippen molar-refractivity contribution in [3.05, 3.63) is 64.9 Å². The molecule has 0 spiro atoms. The van der Waals surface area contributed by atoms with Crippen LogP contribution in [0.3, 0.4) is 0 Å². The van der Waals surface area contributed by atoms with Crippen LogP contribution in [0.1, 0.15) is 15.4 Å². The first-order valence-electron chi connectivity index (χ1n) is 8.21. The highest BCUT2D eigenvalue weighted by molar-refractivity contribution is 7.17. The van der Waals surface area contributed by atoms with Crippen LogP contribution in [0.5, 0.6) is 5.75 Å². The lowest BCUT2D eigenvalue weighted by Crippen LogP contribution is -2.19. The second-order valence-corrected chi connectivity index (χ2v) is 6.67. The van der Waals surface area contributed by atoms with Crippen LogP contribution < -0.4 is 20.7 Å². The highest BCUT2D eigenvalue weighted by Gasteiger charge is 2.18. The number of aryl methyl sites for hydroxylation is 1. The molecule has 0 radical (unpaired) electrons. The number of amides is 3. The van der Waals surface area contributed by atoms with Crippen LogP contribution in [0.2, 0.25) is 0 Å². The van der Waals surface area contributed by atoms with Crippen molar-refractivity contribution in [3.8, 4) is 5.75 Å². The molecule has 1 heterocycles. The molecular formula is C19H17FN4O3S. The molecule has 144 valence electrons. The Morgan fingerprint density at radius 1 is 1.04 bits per heavy atom. The number of methoxy groups -OCH3 is 1. The minimum atomic E-state index is -0.544. The lowest BCUT2D eigenvalue weighted by atomic mass is 10.3. The number of rotatable bonds is 5. The summed E-state index contributed by atoms with van der Waals surface area (Å²) in [6.45, 7) is 1.68. The smallest absolute Gasteiger partial charge is 0.325 e. The molecule has 0 saturated carbocycles. The summed E-state index contributed by atoms with van der Waals surface area (Å²) in [5.41, 5.74) is 1.45. The van der Waals surface area contributed by atoms with Gasteiger partial charge in [0, 0.05) is 5.69 Å². The van der Waals surface area contributed by atoms with Crippen LogP contribution in [-0.2, 0) is 0 Å². The molecule has 0 aliphatic heterocycles. The average Bonchev–Trinajstić information content (AvgIpc) is 3.04. The summed E-state index contributed by atoms with van der Waals surface area (Å²) in [6, 6.07) is 11.9. The topological polar surface area (TPSA) is 92.4 Å². The summed E-state index contributed by atoms with van der Waals surface area (Å²) in [4.78, 5) is 29.2. The maximum absolute atomic E-state index is 12.9. The van der Waals surface area contributed by atoms with E-state index in [0.717, 1.165) is 11.3 Å². The highest BCUT2D eigenvalue weighted by atomic mass is 32.1. The fourth-order valence-electron chi connectivity index (χ4n) is 2.38. The van der Waals surface area contributed by atoms with Gasteiger partial charge in [-0.1, -0.05) is 23.5 Å². The van der Waals surface area contributed by atoms with Crippen LogP contribution in [0.15, 0.2) is 48.5 Å². The molecule has 0 bridgehead atoms. The molecule has 0 unspecified atom stereocenters. The number of carbonyl (C=O) groups is 2. The molecule has 0 saturated heterocycles.